The zero-order valence-corrected chi connectivity index (χ0v) is 15.6. The highest BCUT2D eigenvalue weighted by atomic mass is 16.4. The van der Waals surface area contributed by atoms with E-state index in [0.29, 0.717) is 11.5 Å². The van der Waals surface area contributed by atoms with Crippen LogP contribution in [0.3, 0.4) is 0 Å². The number of carboxylic acid groups (broad SMARTS) is 1. The lowest BCUT2D eigenvalue weighted by atomic mass is 9.71. The molecular weight excluding hydrogens is 308 g/mol. The molecular formula is C23H26O2. The second-order valence-electron chi connectivity index (χ2n) is 8.23. The summed E-state index contributed by atoms with van der Waals surface area (Å²) >= 11 is 0. The first-order valence-electron chi connectivity index (χ1n) is 8.80. The van der Waals surface area contributed by atoms with Crippen LogP contribution in [0.2, 0.25) is 0 Å². The standard InChI is InChI=1S/C23H26O2/c1-15-22(2,3)19-13-10-17(14-20(19)23(15,4)5)7-6-16-8-11-18(12-9-16)21(24)25/h6-15H,1-5H3,(H,24,25)/b7-6+. The molecule has 0 radical (unpaired) electrons. The van der Waals surface area contributed by atoms with E-state index in [0.717, 1.165) is 5.56 Å². The molecule has 2 aromatic carbocycles. The van der Waals surface area contributed by atoms with Crippen molar-refractivity contribution in [1.82, 2.24) is 0 Å². The number of rotatable bonds is 3. The van der Waals surface area contributed by atoms with Crippen LogP contribution in [0.5, 0.6) is 0 Å². The summed E-state index contributed by atoms with van der Waals surface area (Å²) in [5, 5.41) is 8.97. The first-order chi connectivity index (χ1) is 11.6. The second kappa shape index (κ2) is 5.87. The maximum Gasteiger partial charge on any atom is 0.335 e. The van der Waals surface area contributed by atoms with E-state index in [4.69, 9.17) is 5.11 Å². The van der Waals surface area contributed by atoms with Crippen LogP contribution in [0.1, 0.15) is 67.2 Å². The predicted octanol–water partition coefficient (Wildman–Crippen LogP) is 5.76. The SMILES string of the molecule is CC1C(C)(C)c2ccc(/C=C/c3ccc(C(=O)O)cc3)cc2C1(C)C. The van der Waals surface area contributed by atoms with Gasteiger partial charge in [-0.1, -0.05) is 77.1 Å². The minimum absolute atomic E-state index is 0.159. The van der Waals surface area contributed by atoms with E-state index >= 15 is 0 Å². The van der Waals surface area contributed by atoms with Crippen LogP contribution in [-0.4, -0.2) is 11.1 Å². The fraction of sp³-hybridized carbons (Fsp3) is 0.348. The molecule has 0 saturated carbocycles. The van der Waals surface area contributed by atoms with Gasteiger partial charge in [0, 0.05) is 0 Å². The van der Waals surface area contributed by atoms with Crippen LogP contribution in [0.4, 0.5) is 0 Å². The summed E-state index contributed by atoms with van der Waals surface area (Å²) in [4.78, 5) is 10.9. The highest BCUT2D eigenvalue weighted by molar-refractivity contribution is 5.88. The molecule has 2 heteroatoms. The van der Waals surface area contributed by atoms with Gasteiger partial charge in [0.2, 0.25) is 0 Å². The van der Waals surface area contributed by atoms with E-state index in [1.165, 1.54) is 16.7 Å². The Morgan fingerprint density at radius 3 is 2.00 bits per heavy atom. The minimum atomic E-state index is -0.895. The van der Waals surface area contributed by atoms with Gasteiger partial charge in [-0.05, 0) is 51.1 Å². The van der Waals surface area contributed by atoms with Crippen molar-refractivity contribution in [3.05, 3.63) is 70.3 Å². The van der Waals surface area contributed by atoms with E-state index < -0.39 is 5.97 Å². The topological polar surface area (TPSA) is 37.3 Å². The fourth-order valence-corrected chi connectivity index (χ4v) is 4.06. The molecule has 0 amide bonds. The lowest BCUT2D eigenvalue weighted by Gasteiger charge is -2.32. The normalized spacial score (nSPS) is 20.6. The van der Waals surface area contributed by atoms with Gasteiger partial charge in [0.05, 0.1) is 5.56 Å². The zero-order chi connectivity index (χ0) is 18.4. The van der Waals surface area contributed by atoms with Gasteiger partial charge in [-0.15, -0.1) is 0 Å². The Hall–Kier alpha value is -2.35. The van der Waals surface area contributed by atoms with Crippen LogP contribution in [0.25, 0.3) is 12.2 Å². The van der Waals surface area contributed by atoms with Crippen LogP contribution in [-0.2, 0) is 10.8 Å². The molecule has 1 N–H and O–H groups in total. The summed E-state index contributed by atoms with van der Waals surface area (Å²) in [6.07, 6.45) is 4.13. The van der Waals surface area contributed by atoms with Gasteiger partial charge in [0.25, 0.3) is 0 Å². The molecule has 1 aliphatic rings. The molecule has 1 atom stereocenters. The lowest BCUT2D eigenvalue weighted by Crippen LogP contribution is -2.30. The van der Waals surface area contributed by atoms with Crippen molar-refractivity contribution < 1.29 is 9.90 Å². The van der Waals surface area contributed by atoms with Gasteiger partial charge in [0.15, 0.2) is 0 Å². The molecule has 0 aliphatic heterocycles. The molecule has 2 nitrogen and oxygen atoms in total. The molecule has 1 unspecified atom stereocenters. The average molecular weight is 334 g/mol. The van der Waals surface area contributed by atoms with Gasteiger partial charge in [-0.3, -0.25) is 0 Å². The van der Waals surface area contributed by atoms with E-state index in [9.17, 15) is 4.79 Å². The third-order valence-electron chi connectivity index (χ3n) is 6.22. The molecule has 0 heterocycles. The summed E-state index contributed by atoms with van der Waals surface area (Å²) < 4.78 is 0. The smallest absolute Gasteiger partial charge is 0.335 e. The maximum absolute atomic E-state index is 10.9. The number of fused-ring (bicyclic) bond motifs is 1. The number of carbonyl (C=O) groups is 1. The van der Waals surface area contributed by atoms with Crippen molar-refractivity contribution in [2.45, 2.75) is 45.4 Å². The summed E-state index contributed by atoms with van der Waals surface area (Å²) in [5.41, 5.74) is 5.73. The first-order valence-corrected chi connectivity index (χ1v) is 8.80. The van der Waals surface area contributed by atoms with Crippen molar-refractivity contribution in [2.24, 2.45) is 5.92 Å². The molecule has 130 valence electrons. The minimum Gasteiger partial charge on any atom is -0.478 e. The van der Waals surface area contributed by atoms with Gasteiger partial charge >= 0.3 is 5.97 Å². The Kier molecular flexibility index (Phi) is 4.10. The summed E-state index contributed by atoms with van der Waals surface area (Å²) in [6.45, 7) is 11.7. The number of carboxylic acids is 1. The van der Waals surface area contributed by atoms with Gasteiger partial charge < -0.3 is 5.11 Å². The fourth-order valence-electron chi connectivity index (χ4n) is 4.06. The Morgan fingerprint density at radius 1 is 0.880 bits per heavy atom. The quantitative estimate of drug-likeness (QED) is 0.725. The van der Waals surface area contributed by atoms with Crippen molar-refractivity contribution >= 4 is 18.1 Å². The molecule has 2 aromatic rings. The highest BCUT2D eigenvalue weighted by Gasteiger charge is 2.48. The van der Waals surface area contributed by atoms with Crippen molar-refractivity contribution in [1.29, 1.82) is 0 Å². The Morgan fingerprint density at radius 2 is 1.40 bits per heavy atom. The third-order valence-corrected chi connectivity index (χ3v) is 6.22. The predicted molar refractivity (Wildman–Crippen MR) is 104 cm³/mol. The summed E-state index contributed by atoms with van der Waals surface area (Å²) in [7, 11) is 0. The molecule has 0 saturated heterocycles. The molecule has 3 rings (SSSR count). The number of benzene rings is 2. The maximum atomic E-state index is 10.9. The Balaban J connectivity index is 1.91. The van der Waals surface area contributed by atoms with Gasteiger partial charge in [0.1, 0.15) is 0 Å². The second-order valence-corrected chi connectivity index (χ2v) is 8.23. The molecule has 25 heavy (non-hydrogen) atoms. The molecule has 0 fully saturated rings. The monoisotopic (exact) mass is 334 g/mol. The van der Waals surface area contributed by atoms with E-state index in [1.807, 2.05) is 18.2 Å². The number of hydrogen-bond donors (Lipinski definition) is 1. The van der Waals surface area contributed by atoms with Crippen molar-refractivity contribution in [3.8, 4) is 0 Å². The Bertz CT molecular complexity index is 839. The number of hydrogen-bond acceptors (Lipinski definition) is 1. The van der Waals surface area contributed by atoms with Crippen LogP contribution in [0.15, 0.2) is 42.5 Å². The zero-order valence-electron chi connectivity index (χ0n) is 15.6. The third kappa shape index (κ3) is 2.90. The average Bonchev–Trinajstić information content (AvgIpc) is 2.71. The molecule has 0 aromatic heterocycles. The van der Waals surface area contributed by atoms with Gasteiger partial charge in [-0.2, -0.15) is 0 Å². The molecule has 1 aliphatic carbocycles. The van der Waals surface area contributed by atoms with Gasteiger partial charge in [-0.25, -0.2) is 4.79 Å². The highest BCUT2D eigenvalue weighted by Crippen LogP contribution is 2.53. The first kappa shape index (κ1) is 17.5. The van der Waals surface area contributed by atoms with E-state index in [-0.39, 0.29) is 10.8 Å². The lowest BCUT2D eigenvalue weighted by molar-refractivity contribution is 0.0697. The summed E-state index contributed by atoms with van der Waals surface area (Å²) in [5.74, 6) is -0.314. The number of aromatic carboxylic acids is 1. The van der Waals surface area contributed by atoms with Crippen molar-refractivity contribution in [2.75, 3.05) is 0 Å². The van der Waals surface area contributed by atoms with Crippen LogP contribution < -0.4 is 0 Å². The Labute approximate surface area is 150 Å². The summed E-state index contributed by atoms with van der Waals surface area (Å²) in [6, 6.07) is 13.7. The van der Waals surface area contributed by atoms with Crippen LogP contribution >= 0.6 is 0 Å². The molecule has 0 bridgehead atoms. The van der Waals surface area contributed by atoms with Crippen LogP contribution in [0, 0.1) is 5.92 Å². The van der Waals surface area contributed by atoms with E-state index in [2.05, 4.69) is 58.9 Å². The van der Waals surface area contributed by atoms with E-state index in [1.54, 1.807) is 12.1 Å². The molecule has 0 spiro atoms. The van der Waals surface area contributed by atoms with Crippen molar-refractivity contribution in [3.63, 3.8) is 0 Å². The largest absolute Gasteiger partial charge is 0.478 e.